The van der Waals surface area contributed by atoms with Crippen LogP contribution in [0.25, 0.3) is 0 Å². The zero-order valence-electron chi connectivity index (χ0n) is 20.4. The molecule has 2 aromatic rings. The molecule has 3 N–H and O–H groups in total. The molecule has 1 unspecified atom stereocenters. The van der Waals surface area contributed by atoms with Crippen LogP contribution < -0.4 is 16.0 Å². The maximum atomic E-state index is 13.2. The second-order valence-electron chi connectivity index (χ2n) is 9.03. The van der Waals surface area contributed by atoms with Crippen molar-refractivity contribution in [1.82, 2.24) is 5.32 Å². The van der Waals surface area contributed by atoms with Crippen molar-refractivity contribution < 1.29 is 23.9 Å². The van der Waals surface area contributed by atoms with Gasteiger partial charge in [0.2, 0.25) is 5.91 Å². The molecule has 2 heterocycles. The van der Waals surface area contributed by atoms with Crippen molar-refractivity contribution in [2.75, 3.05) is 19.1 Å². The quantitative estimate of drug-likeness (QED) is 0.630. The molecular formula is C27H26N4O5. The van der Waals surface area contributed by atoms with Gasteiger partial charge in [-0.1, -0.05) is 36.4 Å². The molecule has 9 nitrogen and oxygen atoms in total. The minimum atomic E-state index is -0.948. The van der Waals surface area contributed by atoms with Crippen molar-refractivity contribution in [3.8, 4) is 6.07 Å². The van der Waals surface area contributed by atoms with E-state index in [1.54, 1.807) is 42.5 Å². The number of nitrogens with zero attached hydrogens (tertiary/aromatic N) is 2. The highest BCUT2D eigenvalue weighted by Gasteiger charge is 2.43. The molecule has 4 rings (SSSR count). The number of benzene rings is 2. The Labute approximate surface area is 208 Å². The molecule has 2 aliphatic rings. The van der Waals surface area contributed by atoms with Gasteiger partial charge in [-0.25, -0.2) is 9.59 Å². The molecule has 0 saturated carbocycles. The number of hydrogen-bond acceptors (Lipinski definition) is 8. The van der Waals surface area contributed by atoms with Crippen LogP contribution in [0.3, 0.4) is 0 Å². The van der Waals surface area contributed by atoms with E-state index in [0.717, 1.165) is 11.1 Å². The van der Waals surface area contributed by atoms with Gasteiger partial charge in [-0.05, 0) is 42.7 Å². The van der Waals surface area contributed by atoms with E-state index in [4.69, 9.17) is 15.2 Å². The number of ether oxygens (including phenoxy) is 2. The molecule has 0 radical (unpaired) electrons. The summed E-state index contributed by atoms with van der Waals surface area (Å²) in [5, 5.41) is 13.1. The number of nitrogens with two attached hydrogens (primary N) is 1. The third-order valence-corrected chi connectivity index (χ3v) is 6.43. The van der Waals surface area contributed by atoms with Crippen LogP contribution in [-0.4, -0.2) is 32.1 Å². The standard InChI is InChI=1S/C27H26N4O5/c1-27(2)19-11-10-17(12-16(19)13-20(32)30-27)31-23(26(34)36-4)22(25(33)35-3)21(18(14-28)24(31)29)15-8-6-5-7-9-15/h5-12,21H,13,29H2,1-4H3,(H,30,32). The molecule has 9 heteroatoms. The van der Waals surface area contributed by atoms with Gasteiger partial charge in [-0.2, -0.15) is 5.26 Å². The Morgan fingerprint density at radius 2 is 1.78 bits per heavy atom. The van der Waals surface area contributed by atoms with Crippen molar-refractivity contribution in [2.24, 2.45) is 5.73 Å². The lowest BCUT2D eigenvalue weighted by Gasteiger charge is -2.37. The molecule has 1 amide bonds. The molecule has 0 saturated heterocycles. The highest BCUT2D eigenvalue weighted by molar-refractivity contribution is 6.06. The summed E-state index contributed by atoms with van der Waals surface area (Å²) >= 11 is 0. The third kappa shape index (κ3) is 3.96. The van der Waals surface area contributed by atoms with Gasteiger partial charge in [0, 0.05) is 5.69 Å². The normalized spacial score (nSPS) is 18.7. The molecule has 2 aromatic carbocycles. The number of allylic oxidation sites excluding steroid dienone is 1. The van der Waals surface area contributed by atoms with E-state index in [1.807, 2.05) is 19.9 Å². The zero-order chi connectivity index (χ0) is 26.2. The monoisotopic (exact) mass is 486 g/mol. The number of carbonyl (C=O) groups excluding carboxylic acids is 3. The van der Waals surface area contributed by atoms with Gasteiger partial charge in [-0.3, -0.25) is 9.69 Å². The summed E-state index contributed by atoms with van der Waals surface area (Å²) in [4.78, 5) is 40.0. The van der Waals surface area contributed by atoms with Gasteiger partial charge < -0.3 is 20.5 Å². The smallest absolute Gasteiger partial charge is 0.355 e. The summed E-state index contributed by atoms with van der Waals surface area (Å²) in [5.41, 5.74) is 8.43. The van der Waals surface area contributed by atoms with E-state index in [-0.39, 0.29) is 35.0 Å². The minimum Gasteiger partial charge on any atom is -0.466 e. The van der Waals surface area contributed by atoms with Gasteiger partial charge >= 0.3 is 11.9 Å². The number of rotatable bonds is 4. The number of hydrogen-bond donors (Lipinski definition) is 2. The van der Waals surface area contributed by atoms with Crippen molar-refractivity contribution >= 4 is 23.5 Å². The average Bonchev–Trinajstić information content (AvgIpc) is 2.86. The number of esters is 2. The largest absolute Gasteiger partial charge is 0.466 e. The lowest BCUT2D eigenvalue weighted by molar-refractivity contribution is -0.139. The fourth-order valence-corrected chi connectivity index (χ4v) is 4.89. The van der Waals surface area contributed by atoms with Crippen LogP contribution in [0.5, 0.6) is 0 Å². The molecule has 0 aromatic heterocycles. The zero-order valence-corrected chi connectivity index (χ0v) is 20.4. The number of nitrogens with one attached hydrogen (secondary N) is 1. The third-order valence-electron chi connectivity index (χ3n) is 6.43. The van der Waals surface area contributed by atoms with Crippen LogP contribution in [0, 0.1) is 11.3 Å². The van der Waals surface area contributed by atoms with Crippen LogP contribution in [0.15, 0.2) is 71.2 Å². The van der Waals surface area contributed by atoms with E-state index >= 15 is 0 Å². The Morgan fingerprint density at radius 1 is 1.11 bits per heavy atom. The van der Waals surface area contributed by atoms with E-state index in [9.17, 15) is 19.6 Å². The number of carbonyl (C=O) groups is 3. The predicted molar refractivity (Wildman–Crippen MR) is 131 cm³/mol. The molecule has 36 heavy (non-hydrogen) atoms. The number of nitriles is 1. The van der Waals surface area contributed by atoms with Crippen LogP contribution in [0.1, 0.15) is 36.5 Å². The number of amides is 1. The maximum Gasteiger partial charge on any atom is 0.355 e. The average molecular weight is 487 g/mol. The topological polar surface area (TPSA) is 135 Å². The van der Waals surface area contributed by atoms with E-state index in [1.165, 1.54) is 19.1 Å². The van der Waals surface area contributed by atoms with E-state index < -0.39 is 23.4 Å². The van der Waals surface area contributed by atoms with Gasteiger partial charge in [0.25, 0.3) is 0 Å². The van der Waals surface area contributed by atoms with Gasteiger partial charge in [-0.15, -0.1) is 0 Å². The van der Waals surface area contributed by atoms with Crippen LogP contribution in [-0.2, 0) is 35.8 Å². The number of methoxy groups -OCH3 is 2. The predicted octanol–water partition coefficient (Wildman–Crippen LogP) is 2.49. The molecule has 2 aliphatic heterocycles. The first-order valence-electron chi connectivity index (χ1n) is 11.2. The second kappa shape index (κ2) is 9.23. The Balaban J connectivity index is 2.02. The molecule has 0 aliphatic carbocycles. The fourth-order valence-electron chi connectivity index (χ4n) is 4.89. The Morgan fingerprint density at radius 3 is 2.39 bits per heavy atom. The van der Waals surface area contributed by atoms with Crippen molar-refractivity contribution in [1.29, 1.82) is 5.26 Å². The lowest BCUT2D eigenvalue weighted by Crippen LogP contribution is -2.46. The first-order valence-corrected chi connectivity index (χ1v) is 11.2. The number of anilines is 1. The highest BCUT2D eigenvalue weighted by Crippen LogP contribution is 2.44. The van der Waals surface area contributed by atoms with Crippen molar-refractivity contribution in [3.63, 3.8) is 0 Å². The van der Waals surface area contributed by atoms with Crippen LogP contribution >= 0.6 is 0 Å². The van der Waals surface area contributed by atoms with Crippen LogP contribution in [0.2, 0.25) is 0 Å². The van der Waals surface area contributed by atoms with E-state index in [2.05, 4.69) is 11.4 Å². The molecule has 1 atom stereocenters. The van der Waals surface area contributed by atoms with Gasteiger partial charge in [0.05, 0.1) is 49.3 Å². The minimum absolute atomic E-state index is 0.0288. The maximum absolute atomic E-state index is 13.2. The molecule has 0 spiro atoms. The fraction of sp³-hybridized carbons (Fsp3) is 0.259. The highest BCUT2D eigenvalue weighted by atomic mass is 16.5. The summed E-state index contributed by atoms with van der Waals surface area (Å²) in [5.74, 6) is -2.75. The van der Waals surface area contributed by atoms with E-state index in [0.29, 0.717) is 11.3 Å². The van der Waals surface area contributed by atoms with Crippen molar-refractivity contribution in [3.05, 3.63) is 87.9 Å². The summed E-state index contributed by atoms with van der Waals surface area (Å²) < 4.78 is 10.1. The summed E-state index contributed by atoms with van der Waals surface area (Å²) in [6, 6.07) is 16.2. The summed E-state index contributed by atoms with van der Waals surface area (Å²) in [6.07, 6.45) is 0.128. The Bertz CT molecular complexity index is 1370. The molecule has 0 fully saturated rings. The lowest BCUT2D eigenvalue weighted by atomic mass is 9.80. The first kappa shape index (κ1) is 24.5. The number of fused-ring (bicyclic) bond motifs is 1. The second-order valence-corrected chi connectivity index (χ2v) is 9.03. The molecular weight excluding hydrogens is 460 g/mol. The van der Waals surface area contributed by atoms with Crippen LogP contribution in [0.4, 0.5) is 5.69 Å². The summed E-state index contributed by atoms with van der Waals surface area (Å²) in [6.45, 7) is 3.79. The van der Waals surface area contributed by atoms with Gasteiger partial charge in [0.1, 0.15) is 11.5 Å². The SMILES string of the molecule is COC(=O)C1=C(C(=O)OC)N(c2ccc3c(c2)CC(=O)NC3(C)C)C(N)=C(C#N)C1c1ccccc1. The Hall–Kier alpha value is -4.58. The summed E-state index contributed by atoms with van der Waals surface area (Å²) in [7, 11) is 2.39. The van der Waals surface area contributed by atoms with Crippen molar-refractivity contribution in [2.45, 2.75) is 31.7 Å². The molecule has 184 valence electrons. The first-order chi connectivity index (χ1) is 17.1. The molecule has 0 bridgehead atoms. The van der Waals surface area contributed by atoms with Gasteiger partial charge in [0.15, 0.2) is 0 Å². The Kier molecular flexibility index (Phi) is 6.29.